The molecule has 1 aromatic heterocycles. The van der Waals surface area contributed by atoms with Crippen molar-refractivity contribution in [3.05, 3.63) is 16.9 Å². The molecule has 7 heteroatoms. The molecule has 1 heterocycles. The number of halogens is 4. The van der Waals surface area contributed by atoms with Crippen molar-refractivity contribution in [1.82, 2.24) is 4.98 Å². The van der Waals surface area contributed by atoms with E-state index in [4.69, 9.17) is 17.3 Å². The number of anilines is 1. The van der Waals surface area contributed by atoms with Crippen LogP contribution in [0.15, 0.2) is 6.07 Å². The average molecular weight is 255 g/mol. The molecule has 0 aliphatic heterocycles. The molecule has 2 N–H and O–H groups in total. The third-order valence-electron chi connectivity index (χ3n) is 1.76. The van der Waals surface area contributed by atoms with Gasteiger partial charge in [0.15, 0.2) is 17.5 Å². The number of nitrogen functional groups attached to an aromatic ring is 1. The Morgan fingerprint density at radius 3 is 2.56 bits per heavy atom. The van der Waals surface area contributed by atoms with Crippen molar-refractivity contribution < 1.29 is 17.9 Å². The number of ether oxygens (including phenoxy) is 1. The van der Waals surface area contributed by atoms with Gasteiger partial charge in [-0.15, -0.1) is 0 Å². The normalized spacial score (nSPS) is 11.6. The van der Waals surface area contributed by atoms with Gasteiger partial charge in [-0.3, -0.25) is 0 Å². The molecule has 0 amide bonds. The largest absolute Gasteiger partial charge is 0.479 e. The van der Waals surface area contributed by atoms with Gasteiger partial charge in [-0.1, -0.05) is 18.5 Å². The van der Waals surface area contributed by atoms with Crippen LogP contribution >= 0.6 is 11.6 Å². The minimum Gasteiger partial charge on any atom is -0.479 e. The van der Waals surface area contributed by atoms with Crippen LogP contribution in [0.3, 0.4) is 0 Å². The summed E-state index contributed by atoms with van der Waals surface area (Å²) in [6.45, 7) is 0.387. The number of hydrogen-bond acceptors (Lipinski definition) is 3. The van der Waals surface area contributed by atoms with E-state index in [1.807, 2.05) is 6.92 Å². The molecule has 1 aromatic rings. The van der Waals surface area contributed by atoms with Gasteiger partial charge in [-0.25, -0.2) is 4.98 Å². The summed E-state index contributed by atoms with van der Waals surface area (Å²) in [7, 11) is 0. The van der Waals surface area contributed by atoms with Gasteiger partial charge in [0.05, 0.1) is 5.69 Å². The van der Waals surface area contributed by atoms with Crippen molar-refractivity contribution >= 4 is 17.3 Å². The number of nitrogens with two attached hydrogens (primary N) is 1. The number of nitrogens with zero attached hydrogens (tertiary/aromatic N) is 1. The lowest BCUT2D eigenvalue weighted by molar-refractivity contribution is -0.153. The average Bonchev–Trinajstić information content (AvgIpc) is 2.14. The van der Waals surface area contributed by atoms with Crippen LogP contribution < -0.4 is 10.5 Å². The molecular weight excluding hydrogens is 245 g/mol. The lowest BCUT2D eigenvalue weighted by Gasteiger charge is -2.12. The number of hydrogen-bond donors (Lipinski definition) is 1. The lowest BCUT2D eigenvalue weighted by atomic mass is 10.2. The second-order valence-corrected chi connectivity index (χ2v) is 3.44. The van der Waals surface area contributed by atoms with Gasteiger partial charge in [0.2, 0.25) is 0 Å². The Bertz CT molecular complexity index is 359. The quantitative estimate of drug-likeness (QED) is 0.844. The van der Waals surface area contributed by atoms with Crippen LogP contribution in [0.25, 0.3) is 0 Å². The molecule has 90 valence electrons. The van der Waals surface area contributed by atoms with E-state index in [2.05, 4.69) is 9.72 Å². The first-order valence-corrected chi connectivity index (χ1v) is 4.85. The zero-order valence-corrected chi connectivity index (χ0v) is 9.19. The van der Waals surface area contributed by atoms with Gasteiger partial charge in [-0.05, 0) is 12.5 Å². The highest BCUT2D eigenvalue weighted by molar-refractivity contribution is 6.31. The SMILES string of the molecule is CCc1cc(N)c(OCC(F)(F)F)c(Cl)n1. The molecule has 0 unspecified atom stereocenters. The smallest absolute Gasteiger partial charge is 0.422 e. The summed E-state index contributed by atoms with van der Waals surface area (Å²) in [4.78, 5) is 3.85. The van der Waals surface area contributed by atoms with Crippen molar-refractivity contribution in [2.75, 3.05) is 12.3 Å². The predicted molar refractivity (Wildman–Crippen MR) is 54.6 cm³/mol. The van der Waals surface area contributed by atoms with Gasteiger partial charge in [0, 0.05) is 5.69 Å². The van der Waals surface area contributed by atoms with Gasteiger partial charge in [0.25, 0.3) is 0 Å². The van der Waals surface area contributed by atoms with Crippen molar-refractivity contribution in [3.63, 3.8) is 0 Å². The van der Waals surface area contributed by atoms with Crippen LogP contribution in [0.5, 0.6) is 5.75 Å². The minimum absolute atomic E-state index is 0.0566. The molecule has 0 aliphatic carbocycles. The molecule has 0 atom stereocenters. The summed E-state index contributed by atoms with van der Waals surface area (Å²) in [6.07, 6.45) is -3.84. The van der Waals surface area contributed by atoms with E-state index >= 15 is 0 Å². The molecule has 0 radical (unpaired) electrons. The van der Waals surface area contributed by atoms with E-state index in [0.29, 0.717) is 12.1 Å². The van der Waals surface area contributed by atoms with Crippen LogP contribution in [0, 0.1) is 0 Å². The number of alkyl halides is 3. The summed E-state index contributed by atoms with van der Waals surface area (Å²) in [6, 6.07) is 1.44. The second kappa shape index (κ2) is 4.78. The molecule has 16 heavy (non-hydrogen) atoms. The van der Waals surface area contributed by atoms with E-state index in [1.165, 1.54) is 6.07 Å². The van der Waals surface area contributed by atoms with Gasteiger partial charge in [0.1, 0.15) is 0 Å². The second-order valence-electron chi connectivity index (χ2n) is 3.08. The van der Waals surface area contributed by atoms with Crippen molar-refractivity contribution in [2.45, 2.75) is 19.5 Å². The molecule has 0 fully saturated rings. The molecule has 0 saturated carbocycles. The number of aromatic nitrogens is 1. The van der Waals surface area contributed by atoms with Crippen LogP contribution in [0.2, 0.25) is 5.15 Å². The minimum atomic E-state index is -4.43. The Kier molecular flexibility index (Phi) is 3.85. The molecule has 3 nitrogen and oxygen atoms in total. The van der Waals surface area contributed by atoms with Gasteiger partial charge < -0.3 is 10.5 Å². The fourth-order valence-electron chi connectivity index (χ4n) is 1.05. The van der Waals surface area contributed by atoms with Crippen LogP contribution in [0.4, 0.5) is 18.9 Å². The third-order valence-corrected chi connectivity index (χ3v) is 2.01. The van der Waals surface area contributed by atoms with E-state index < -0.39 is 12.8 Å². The maximum atomic E-state index is 11.9. The highest BCUT2D eigenvalue weighted by Crippen LogP contribution is 2.31. The first-order valence-electron chi connectivity index (χ1n) is 4.48. The third kappa shape index (κ3) is 3.44. The predicted octanol–water partition coefficient (Wildman–Crippen LogP) is 2.82. The number of rotatable bonds is 3. The van der Waals surface area contributed by atoms with Crippen molar-refractivity contribution in [1.29, 1.82) is 0 Å². The maximum absolute atomic E-state index is 11.9. The van der Waals surface area contributed by atoms with Gasteiger partial charge in [-0.2, -0.15) is 13.2 Å². The molecule has 0 bridgehead atoms. The first-order chi connectivity index (χ1) is 7.33. The summed E-state index contributed by atoms with van der Waals surface area (Å²) in [5.41, 5.74) is 6.17. The standard InChI is InChI=1S/C9H10ClF3N2O/c1-2-5-3-6(14)7(8(10)15-5)16-4-9(11,12)13/h3H,2,4H2,1H3,(H2,14,15). The summed E-state index contributed by atoms with van der Waals surface area (Å²) in [5.74, 6) is -0.226. The highest BCUT2D eigenvalue weighted by atomic mass is 35.5. The fraction of sp³-hybridized carbons (Fsp3) is 0.444. The van der Waals surface area contributed by atoms with Crippen molar-refractivity contribution in [3.8, 4) is 5.75 Å². The van der Waals surface area contributed by atoms with Gasteiger partial charge >= 0.3 is 6.18 Å². The first kappa shape index (κ1) is 12.9. The van der Waals surface area contributed by atoms with Crippen molar-refractivity contribution in [2.24, 2.45) is 0 Å². The summed E-state index contributed by atoms with van der Waals surface area (Å²) < 4.78 is 40.2. The van der Waals surface area contributed by atoms with E-state index in [0.717, 1.165) is 0 Å². The van der Waals surface area contributed by atoms with Crippen LogP contribution in [0.1, 0.15) is 12.6 Å². The molecule has 0 aliphatic rings. The Balaban J connectivity index is 2.88. The highest BCUT2D eigenvalue weighted by Gasteiger charge is 2.29. The molecule has 0 saturated heterocycles. The number of pyridine rings is 1. The zero-order chi connectivity index (χ0) is 12.3. The topological polar surface area (TPSA) is 48.1 Å². The lowest BCUT2D eigenvalue weighted by Crippen LogP contribution is -2.20. The molecular formula is C9H10ClF3N2O. The monoisotopic (exact) mass is 254 g/mol. The van der Waals surface area contributed by atoms with Crippen LogP contribution in [-0.4, -0.2) is 17.8 Å². The molecule has 0 spiro atoms. The Hall–Kier alpha value is -1.17. The Morgan fingerprint density at radius 1 is 1.50 bits per heavy atom. The van der Waals surface area contributed by atoms with E-state index in [-0.39, 0.29) is 16.6 Å². The molecule has 1 rings (SSSR count). The Labute approximate surface area is 95.4 Å². The fourth-order valence-corrected chi connectivity index (χ4v) is 1.32. The van der Waals surface area contributed by atoms with E-state index in [1.54, 1.807) is 0 Å². The zero-order valence-electron chi connectivity index (χ0n) is 8.44. The Morgan fingerprint density at radius 2 is 2.12 bits per heavy atom. The maximum Gasteiger partial charge on any atom is 0.422 e. The van der Waals surface area contributed by atoms with Crippen LogP contribution in [-0.2, 0) is 6.42 Å². The molecule has 0 aromatic carbocycles. The van der Waals surface area contributed by atoms with E-state index in [9.17, 15) is 13.2 Å². The summed E-state index contributed by atoms with van der Waals surface area (Å²) >= 11 is 5.66. The summed E-state index contributed by atoms with van der Waals surface area (Å²) in [5, 5.41) is -0.152. The number of aryl methyl sites for hydroxylation is 1.